The van der Waals surface area contributed by atoms with E-state index in [1.54, 1.807) is 12.1 Å². The summed E-state index contributed by atoms with van der Waals surface area (Å²) in [6.45, 7) is 4.83. The van der Waals surface area contributed by atoms with Gasteiger partial charge in [-0.1, -0.05) is 26.0 Å². The first-order valence-corrected chi connectivity index (χ1v) is 5.36. The third-order valence-corrected chi connectivity index (χ3v) is 2.50. The summed E-state index contributed by atoms with van der Waals surface area (Å²) in [5.74, 6) is -0.276. The van der Waals surface area contributed by atoms with E-state index in [2.05, 4.69) is 5.32 Å². The van der Waals surface area contributed by atoms with Gasteiger partial charge in [0, 0.05) is 6.04 Å². The Kier molecular flexibility index (Phi) is 4.72. The lowest BCUT2D eigenvalue weighted by Crippen LogP contribution is -2.34. The number of aliphatic hydroxyl groups excluding tert-OH is 1. The van der Waals surface area contributed by atoms with Crippen molar-refractivity contribution in [3.63, 3.8) is 0 Å². The normalized spacial score (nSPS) is 14.9. The van der Waals surface area contributed by atoms with E-state index in [1.807, 2.05) is 13.8 Å². The van der Waals surface area contributed by atoms with Crippen molar-refractivity contribution in [3.8, 4) is 0 Å². The molecule has 0 bridgehead atoms. The van der Waals surface area contributed by atoms with Crippen molar-refractivity contribution in [2.75, 3.05) is 6.54 Å². The van der Waals surface area contributed by atoms with Crippen molar-refractivity contribution in [2.45, 2.75) is 32.4 Å². The van der Waals surface area contributed by atoms with Crippen LogP contribution in [0.3, 0.4) is 0 Å². The quantitative estimate of drug-likeness (QED) is 0.783. The molecule has 0 aliphatic heterocycles. The Labute approximate surface area is 90.1 Å². The molecule has 0 aromatic heterocycles. The van der Waals surface area contributed by atoms with Crippen LogP contribution < -0.4 is 5.32 Å². The second kappa shape index (κ2) is 5.83. The molecule has 0 amide bonds. The molecule has 1 rings (SSSR count). The lowest BCUT2D eigenvalue weighted by molar-refractivity contribution is 0.127. The summed E-state index contributed by atoms with van der Waals surface area (Å²) in [6, 6.07) is 6.02. The maximum absolute atomic E-state index is 12.7. The standard InChI is InChI=1S/C12H18FNO/c1-3-11(14-4-2)12(15)9-5-7-10(13)8-6-9/h5-8,11-12,14-15H,3-4H2,1-2H3. The van der Waals surface area contributed by atoms with Gasteiger partial charge in [-0.3, -0.25) is 0 Å². The van der Waals surface area contributed by atoms with Crippen LogP contribution in [0.1, 0.15) is 31.9 Å². The Hall–Kier alpha value is -0.930. The van der Waals surface area contributed by atoms with Crippen LogP contribution in [0, 0.1) is 5.82 Å². The van der Waals surface area contributed by atoms with Crippen molar-refractivity contribution in [1.82, 2.24) is 5.32 Å². The maximum atomic E-state index is 12.7. The van der Waals surface area contributed by atoms with Crippen LogP contribution >= 0.6 is 0 Å². The van der Waals surface area contributed by atoms with Gasteiger partial charge in [-0.2, -0.15) is 0 Å². The van der Waals surface area contributed by atoms with E-state index in [0.29, 0.717) is 0 Å². The lowest BCUT2D eigenvalue weighted by Gasteiger charge is -2.22. The first-order valence-electron chi connectivity index (χ1n) is 5.36. The van der Waals surface area contributed by atoms with Crippen LogP contribution in [0.4, 0.5) is 4.39 Å². The van der Waals surface area contributed by atoms with E-state index < -0.39 is 6.10 Å². The predicted octanol–water partition coefficient (Wildman–Crippen LogP) is 2.25. The number of nitrogens with one attached hydrogen (secondary N) is 1. The first-order chi connectivity index (χ1) is 7.19. The number of rotatable bonds is 5. The van der Waals surface area contributed by atoms with E-state index in [-0.39, 0.29) is 11.9 Å². The molecule has 84 valence electrons. The van der Waals surface area contributed by atoms with Gasteiger partial charge in [0.25, 0.3) is 0 Å². The van der Waals surface area contributed by atoms with Crippen molar-refractivity contribution in [2.24, 2.45) is 0 Å². The monoisotopic (exact) mass is 211 g/mol. The number of likely N-dealkylation sites (N-methyl/N-ethyl adjacent to an activating group) is 1. The second-order valence-corrected chi connectivity index (χ2v) is 3.57. The summed E-state index contributed by atoms with van der Waals surface area (Å²) in [5, 5.41) is 13.2. The van der Waals surface area contributed by atoms with Gasteiger partial charge in [0.15, 0.2) is 0 Å². The highest BCUT2D eigenvalue weighted by Crippen LogP contribution is 2.18. The minimum absolute atomic E-state index is 0.0282. The third kappa shape index (κ3) is 3.29. The number of benzene rings is 1. The summed E-state index contributed by atoms with van der Waals surface area (Å²) < 4.78 is 12.7. The second-order valence-electron chi connectivity index (χ2n) is 3.57. The van der Waals surface area contributed by atoms with Crippen LogP contribution in [0.15, 0.2) is 24.3 Å². The van der Waals surface area contributed by atoms with Crippen LogP contribution in [0.25, 0.3) is 0 Å². The summed E-state index contributed by atoms with van der Waals surface area (Å²) in [4.78, 5) is 0. The molecular weight excluding hydrogens is 193 g/mol. The zero-order chi connectivity index (χ0) is 11.3. The van der Waals surface area contributed by atoms with Crippen molar-refractivity contribution >= 4 is 0 Å². The van der Waals surface area contributed by atoms with Crippen LogP contribution in [0.2, 0.25) is 0 Å². The molecule has 2 N–H and O–H groups in total. The number of halogens is 1. The minimum atomic E-state index is -0.574. The molecule has 0 spiro atoms. The van der Waals surface area contributed by atoms with E-state index in [4.69, 9.17) is 0 Å². The van der Waals surface area contributed by atoms with Crippen molar-refractivity contribution in [1.29, 1.82) is 0 Å². The molecule has 0 radical (unpaired) electrons. The van der Waals surface area contributed by atoms with Gasteiger partial charge < -0.3 is 10.4 Å². The fourth-order valence-corrected chi connectivity index (χ4v) is 1.63. The summed E-state index contributed by atoms with van der Waals surface area (Å²) >= 11 is 0. The largest absolute Gasteiger partial charge is 0.387 e. The smallest absolute Gasteiger partial charge is 0.123 e. The van der Waals surface area contributed by atoms with Gasteiger partial charge in [-0.05, 0) is 30.7 Å². The summed E-state index contributed by atoms with van der Waals surface area (Å²) in [6.07, 6.45) is 0.266. The van der Waals surface area contributed by atoms with Gasteiger partial charge in [0.1, 0.15) is 5.82 Å². The lowest BCUT2D eigenvalue weighted by atomic mass is 10.0. The highest BCUT2D eigenvalue weighted by molar-refractivity contribution is 5.19. The number of hydrogen-bond acceptors (Lipinski definition) is 2. The molecule has 15 heavy (non-hydrogen) atoms. The Bertz CT molecular complexity index is 286. The highest BCUT2D eigenvalue weighted by atomic mass is 19.1. The molecule has 0 aliphatic rings. The van der Waals surface area contributed by atoms with E-state index in [0.717, 1.165) is 18.5 Å². The van der Waals surface area contributed by atoms with Gasteiger partial charge >= 0.3 is 0 Å². The number of aliphatic hydroxyl groups is 1. The highest BCUT2D eigenvalue weighted by Gasteiger charge is 2.17. The average Bonchev–Trinajstić information content (AvgIpc) is 2.26. The molecule has 0 aliphatic carbocycles. The van der Waals surface area contributed by atoms with E-state index in [1.165, 1.54) is 12.1 Å². The SMILES string of the molecule is CCNC(CC)C(O)c1ccc(F)cc1. The molecule has 0 saturated heterocycles. The maximum Gasteiger partial charge on any atom is 0.123 e. The van der Waals surface area contributed by atoms with E-state index in [9.17, 15) is 9.50 Å². The molecule has 0 heterocycles. The van der Waals surface area contributed by atoms with Crippen LogP contribution in [0.5, 0.6) is 0 Å². The van der Waals surface area contributed by atoms with Crippen molar-refractivity contribution < 1.29 is 9.50 Å². The zero-order valence-electron chi connectivity index (χ0n) is 9.20. The Morgan fingerprint density at radius 3 is 2.33 bits per heavy atom. The van der Waals surface area contributed by atoms with Crippen LogP contribution in [-0.4, -0.2) is 17.7 Å². The molecule has 1 aromatic carbocycles. The summed E-state index contributed by atoms with van der Waals surface area (Å²) in [5.41, 5.74) is 0.754. The molecular formula is C12H18FNO. The molecule has 2 nitrogen and oxygen atoms in total. The zero-order valence-corrected chi connectivity index (χ0v) is 9.20. The van der Waals surface area contributed by atoms with Gasteiger partial charge in [-0.15, -0.1) is 0 Å². The first kappa shape index (κ1) is 12.1. The van der Waals surface area contributed by atoms with Gasteiger partial charge in [-0.25, -0.2) is 4.39 Å². The Morgan fingerprint density at radius 2 is 1.87 bits per heavy atom. The van der Waals surface area contributed by atoms with Crippen molar-refractivity contribution in [3.05, 3.63) is 35.6 Å². The van der Waals surface area contributed by atoms with E-state index >= 15 is 0 Å². The predicted molar refractivity (Wildman–Crippen MR) is 59.1 cm³/mol. The fourth-order valence-electron chi connectivity index (χ4n) is 1.63. The molecule has 0 saturated carbocycles. The van der Waals surface area contributed by atoms with Gasteiger partial charge in [0.05, 0.1) is 6.10 Å². The fraction of sp³-hybridized carbons (Fsp3) is 0.500. The minimum Gasteiger partial charge on any atom is -0.387 e. The Balaban J connectivity index is 2.73. The summed E-state index contributed by atoms with van der Waals surface area (Å²) in [7, 11) is 0. The van der Waals surface area contributed by atoms with Gasteiger partial charge in [0.2, 0.25) is 0 Å². The molecule has 2 unspecified atom stereocenters. The Morgan fingerprint density at radius 1 is 1.27 bits per heavy atom. The third-order valence-electron chi connectivity index (χ3n) is 2.50. The molecule has 0 fully saturated rings. The molecule has 1 aromatic rings. The molecule has 2 atom stereocenters. The average molecular weight is 211 g/mol. The topological polar surface area (TPSA) is 32.3 Å². The molecule has 3 heteroatoms. The number of hydrogen-bond donors (Lipinski definition) is 2. The van der Waals surface area contributed by atoms with Crippen LogP contribution in [-0.2, 0) is 0 Å².